The van der Waals surface area contributed by atoms with Crippen molar-refractivity contribution >= 4 is 0 Å². The van der Waals surface area contributed by atoms with E-state index in [2.05, 4.69) is 31.0 Å². The van der Waals surface area contributed by atoms with E-state index in [9.17, 15) is 0 Å². The van der Waals surface area contributed by atoms with Crippen LogP contribution in [0.4, 0.5) is 0 Å². The highest BCUT2D eigenvalue weighted by molar-refractivity contribution is 4.81. The second kappa shape index (κ2) is 7.77. The Kier molecular flexibility index (Phi) is 6.31. The Balaban J connectivity index is 1.64. The molecule has 0 amide bonds. The topological polar surface area (TPSA) is 24.5 Å². The van der Waals surface area contributed by atoms with Crippen molar-refractivity contribution in [3.05, 3.63) is 0 Å². The summed E-state index contributed by atoms with van der Waals surface area (Å²) in [4.78, 5) is 2.52. The zero-order valence-corrected chi connectivity index (χ0v) is 13.8. The summed E-state index contributed by atoms with van der Waals surface area (Å²) in [7, 11) is 0. The van der Waals surface area contributed by atoms with Crippen molar-refractivity contribution in [2.75, 3.05) is 39.4 Å². The molecule has 2 rings (SSSR count). The predicted octanol–water partition coefficient (Wildman–Crippen LogP) is 2.90. The first-order chi connectivity index (χ1) is 9.55. The van der Waals surface area contributed by atoms with Gasteiger partial charge in [-0.3, -0.25) is 4.90 Å². The van der Waals surface area contributed by atoms with Gasteiger partial charge in [0.2, 0.25) is 0 Å². The normalized spacial score (nSPS) is 30.1. The Morgan fingerprint density at radius 1 is 1.05 bits per heavy atom. The fourth-order valence-corrected chi connectivity index (χ4v) is 3.62. The lowest BCUT2D eigenvalue weighted by atomic mass is 9.76. The molecule has 1 aliphatic heterocycles. The summed E-state index contributed by atoms with van der Waals surface area (Å²) in [5.74, 6) is 0.911. The molecule has 1 saturated carbocycles. The Bertz CT molecular complexity index is 269. The smallest absolute Gasteiger partial charge is 0.0594 e. The number of hydrogen-bond donors (Lipinski definition) is 1. The van der Waals surface area contributed by atoms with E-state index in [0.717, 1.165) is 44.8 Å². The molecule has 2 aliphatic rings. The predicted molar refractivity (Wildman–Crippen MR) is 85.1 cm³/mol. The molecule has 0 aromatic rings. The van der Waals surface area contributed by atoms with Crippen molar-refractivity contribution in [2.24, 2.45) is 11.3 Å². The van der Waals surface area contributed by atoms with Crippen LogP contribution in [-0.4, -0.2) is 50.3 Å². The first kappa shape index (κ1) is 16.3. The van der Waals surface area contributed by atoms with Crippen LogP contribution in [0.25, 0.3) is 0 Å². The molecule has 0 radical (unpaired) electrons. The van der Waals surface area contributed by atoms with Gasteiger partial charge in [-0.1, -0.05) is 27.2 Å². The largest absolute Gasteiger partial charge is 0.379 e. The Labute approximate surface area is 125 Å². The SMILES string of the molecule is CC(C)(C)C1CCCC(NCCN2CCOCC2)CC1. The molecular formula is C17H34N2O. The second-order valence-corrected chi connectivity index (χ2v) is 7.68. The minimum atomic E-state index is 0.489. The molecular weight excluding hydrogens is 248 g/mol. The van der Waals surface area contributed by atoms with Crippen LogP contribution in [-0.2, 0) is 4.74 Å². The molecule has 1 heterocycles. The minimum absolute atomic E-state index is 0.489. The van der Waals surface area contributed by atoms with E-state index in [1.54, 1.807) is 0 Å². The third-order valence-corrected chi connectivity index (χ3v) is 5.16. The molecule has 1 aliphatic carbocycles. The van der Waals surface area contributed by atoms with Gasteiger partial charge in [-0.15, -0.1) is 0 Å². The fraction of sp³-hybridized carbons (Fsp3) is 1.00. The van der Waals surface area contributed by atoms with E-state index in [1.165, 1.54) is 38.6 Å². The maximum Gasteiger partial charge on any atom is 0.0594 e. The Hall–Kier alpha value is -0.120. The van der Waals surface area contributed by atoms with Crippen LogP contribution >= 0.6 is 0 Å². The monoisotopic (exact) mass is 282 g/mol. The molecule has 0 aromatic carbocycles. The quantitative estimate of drug-likeness (QED) is 0.803. The molecule has 0 bridgehead atoms. The molecule has 0 spiro atoms. The standard InChI is InChI=1S/C17H34N2O/c1-17(2,3)15-5-4-6-16(8-7-15)18-9-10-19-11-13-20-14-12-19/h15-16,18H,4-14H2,1-3H3. The zero-order valence-electron chi connectivity index (χ0n) is 13.8. The molecule has 1 saturated heterocycles. The lowest BCUT2D eigenvalue weighted by Gasteiger charge is -2.30. The number of nitrogens with zero attached hydrogens (tertiary/aromatic N) is 1. The van der Waals surface area contributed by atoms with Crippen molar-refractivity contribution in [3.8, 4) is 0 Å². The van der Waals surface area contributed by atoms with E-state index in [4.69, 9.17) is 4.74 Å². The van der Waals surface area contributed by atoms with Crippen LogP contribution in [0.1, 0.15) is 52.9 Å². The van der Waals surface area contributed by atoms with Crippen molar-refractivity contribution in [1.29, 1.82) is 0 Å². The average Bonchev–Trinajstić information content (AvgIpc) is 2.65. The van der Waals surface area contributed by atoms with E-state index < -0.39 is 0 Å². The van der Waals surface area contributed by atoms with Crippen LogP contribution in [0, 0.1) is 11.3 Å². The van der Waals surface area contributed by atoms with Crippen LogP contribution in [0.2, 0.25) is 0 Å². The number of rotatable bonds is 4. The van der Waals surface area contributed by atoms with Gasteiger partial charge in [0.05, 0.1) is 13.2 Å². The molecule has 2 atom stereocenters. The van der Waals surface area contributed by atoms with Gasteiger partial charge in [-0.25, -0.2) is 0 Å². The highest BCUT2D eigenvalue weighted by atomic mass is 16.5. The summed E-state index contributed by atoms with van der Waals surface area (Å²) in [6.07, 6.45) is 6.96. The Morgan fingerprint density at radius 2 is 1.80 bits per heavy atom. The summed E-state index contributed by atoms with van der Waals surface area (Å²) >= 11 is 0. The molecule has 1 N–H and O–H groups in total. The maximum atomic E-state index is 5.39. The molecule has 2 unspecified atom stereocenters. The molecule has 20 heavy (non-hydrogen) atoms. The number of ether oxygens (including phenoxy) is 1. The van der Waals surface area contributed by atoms with E-state index >= 15 is 0 Å². The lowest BCUT2D eigenvalue weighted by Crippen LogP contribution is -2.42. The van der Waals surface area contributed by atoms with Crippen molar-refractivity contribution < 1.29 is 4.74 Å². The van der Waals surface area contributed by atoms with E-state index in [0.29, 0.717) is 5.41 Å². The summed E-state index contributed by atoms with van der Waals surface area (Å²) in [5, 5.41) is 3.80. The fourth-order valence-electron chi connectivity index (χ4n) is 3.62. The minimum Gasteiger partial charge on any atom is -0.379 e. The van der Waals surface area contributed by atoms with Gasteiger partial charge in [-0.05, 0) is 37.0 Å². The van der Waals surface area contributed by atoms with Gasteiger partial charge in [0.15, 0.2) is 0 Å². The van der Waals surface area contributed by atoms with Crippen LogP contribution in [0.5, 0.6) is 0 Å². The van der Waals surface area contributed by atoms with Crippen LogP contribution in [0.3, 0.4) is 0 Å². The van der Waals surface area contributed by atoms with Crippen molar-refractivity contribution in [1.82, 2.24) is 10.2 Å². The summed E-state index contributed by atoms with van der Waals surface area (Å²) in [6, 6.07) is 0.753. The number of morpholine rings is 1. The third kappa shape index (κ3) is 5.34. The van der Waals surface area contributed by atoms with Gasteiger partial charge >= 0.3 is 0 Å². The van der Waals surface area contributed by atoms with E-state index in [1.807, 2.05) is 0 Å². The van der Waals surface area contributed by atoms with Crippen molar-refractivity contribution in [3.63, 3.8) is 0 Å². The molecule has 3 heteroatoms. The number of hydrogen-bond acceptors (Lipinski definition) is 3. The molecule has 0 aromatic heterocycles. The molecule has 3 nitrogen and oxygen atoms in total. The highest BCUT2D eigenvalue weighted by Gasteiger charge is 2.27. The van der Waals surface area contributed by atoms with Crippen LogP contribution < -0.4 is 5.32 Å². The Morgan fingerprint density at radius 3 is 2.50 bits per heavy atom. The first-order valence-electron chi connectivity index (χ1n) is 8.59. The summed E-state index contributed by atoms with van der Waals surface area (Å²) in [6.45, 7) is 13.6. The van der Waals surface area contributed by atoms with Crippen molar-refractivity contribution in [2.45, 2.75) is 58.9 Å². The molecule has 2 fully saturated rings. The second-order valence-electron chi connectivity index (χ2n) is 7.68. The third-order valence-electron chi connectivity index (χ3n) is 5.16. The van der Waals surface area contributed by atoms with E-state index in [-0.39, 0.29) is 0 Å². The van der Waals surface area contributed by atoms with Gasteiger partial charge in [0.25, 0.3) is 0 Å². The van der Waals surface area contributed by atoms with Gasteiger partial charge in [0, 0.05) is 32.2 Å². The van der Waals surface area contributed by atoms with Gasteiger partial charge in [0.1, 0.15) is 0 Å². The average molecular weight is 282 g/mol. The van der Waals surface area contributed by atoms with Gasteiger partial charge in [-0.2, -0.15) is 0 Å². The molecule has 118 valence electrons. The highest BCUT2D eigenvalue weighted by Crippen LogP contribution is 2.36. The summed E-state index contributed by atoms with van der Waals surface area (Å²) in [5.41, 5.74) is 0.489. The first-order valence-corrected chi connectivity index (χ1v) is 8.59. The summed E-state index contributed by atoms with van der Waals surface area (Å²) < 4.78 is 5.39. The maximum absolute atomic E-state index is 5.39. The van der Waals surface area contributed by atoms with Gasteiger partial charge < -0.3 is 10.1 Å². The zero-order chi connectivity index (χ0) is 14.4. The lowest BCUT2D eigenvalue weighted by molar-refractivity contribution is 0.0380. The van der Waals surface area contributed by atoms with Crippen LogP contribution in [0.15, 0.2) is 0 Å². The number of nitrogens with one attached hydrogen (secondary N) is 1.